The number of aromatic nitrogens is 2. The molecular weight excluding hydrogens is 162 g/mol. The molecule has 0 radical (unpaired) electrons. The highest BCUT2D eigenvalue weighted by molar-refractivity contribution is 4.75. The molecule has 1 aromatic heterocycles. The number of piperidine rings is 1. The van der Waals surface area contributed by atoms with Crippen molar-refractivity contribution in [3.05, 3.63) is 18.7 Å². The number of rotatable bonds is 3. The molecular formula is C10H17N3. The van der Waals surface area contributed by atoms with E-state index in [9.17, 15) is 0 Å². The van der Waals surface area contributed by atoms with E-state index in [0.717, 1.165) is 12.5 Å². The largest absolute Gasteiger partial charge is 0.337 e. The summed E-state index contributed by atoms with van der Waals surface area (Å²) in [7, 11) is 0. The fourth-order valence-electron chi connectivity index (χ4n) is 1.92. The Morgan fingerprint density at radius 2 is 2.23 bits per heavy atom. The van der Waals surface area contributed by atoms with Gasteiger partial charge in [-0.25, -0.2) is 4.98 Å². The average molecular weight is 179 g/mol. The Bertz CT molecular complexity index is 224. The van der Waals surface area contributed by atoms with Crippen LogP contribution in [0, 0.1) is 5.92 Å². The molecule has 13 heavy (non-hydrogen) atoms. The second-order valence-corrected chi connectivity index (χ2v) is 3.78. The van der Waals surface area contributed by atoms with E-state index in [1.807, 2.05) is 18.7 Å². The van der Waals surface area contributed by atoms with Crippen LogP contribution in [0.4, 0.5) is 0 Å². The van der Waals surface area contributed by atoms with Crippen LogP contribution in [-0.2, 0) is 6.54 Å². The summed E-state index contributed by atoms with van der Waals surface area (Å²) in [6.45, 7) is 3.54. The van der Waals surface area contributed by atoms with Gasteiger partial charge in [-0.3, -0.25) is 0 Å². The fraction of sp³-hybridized carbons (Fsp3) is 0.700. The highest BCUT2D eigenvalue weighted by Crippen LogP contribution is 2.16. The zero-order chi connectivity index (χ0) is 8.93. The molecule has 2 heterocycles. The summed E-state index contributed by atoms with van der Waals surface area (Å²) >= 11 is 0. The number of imidazole rings is 1. The van der Waals surface area contributed by atoms with Crippen LogP contribution in [-0.4, -0.2) is 22.6 Å². The lowest BCUT2D eigenvalue weighted by Gasteiger charge is -2.22. The molecule has 1 aromatic rings. The van der Waals surface area contributed by atoms with Crippen molar-refractivity contribution in [2.45, 2.75) is 25.8 Å². The Balaban J connectivity index is 1.72. The number of hydrogen-bond acceptors (Lipinski definition) is 2. The van der Waals surface area contributed by atoms with Crippen molar-refractivity contribution in [1.29, 1.82) is 0 Å². The first-order valence-corrected chi connectivity index (χ1v) is 5.11. The molecule has 0 saturated carbocycles. The molecule has 0 bridgehead atoms. The lowest BCUT2D eigenvalue weighted by molar-refractivity contribution is 0.338. The van der Waals surface area contributed by atoms with Crippen LogP contribution < -0.4 is 5.32 Å². The van der Waals surface area contributed by atoms with Gasteiger partial charge in [0, 0.05) is 18.9 Å². The van der Waals surface area contributed by atoms with E-state index in [-0.39, 0.29) is 0 Å². The van der Waals surface area contributed by atoms with Gasteiger partial charge in [0.15, 0.2) is 0 Å². The summed E-state index contributed by atoms with van der Waals surface area (Å²) in [5, 5.41) is 3.39. The van der Waals surface area contributed by atoms with Gasteiger partial charge < -0.3 is 9.88 Å². The summed E-state index contributed by atoms with van der Waals surface area (Å²) in [6.07, 6.45) is 9.78. The van der Waals surface area contributed by atoms with Crippen LogP contribution in [0.5, 0.6) is 0 Å². The molecule has 0 amide bonds. The molecule has 0 spiro atoms. The molecule has 3 heteroatoms. The smallest absolute Gasteiger partial charge is 0.0945 e. The predicted molar refractivity (Wildman–Crippen MR) is 52.4 cm³/mol. The molecule has 72 valence electrons. The molecule has 0 aromatic carbocycles. The highest BCUT2D eigenvalue weighted by Gasteiger charge is 2.12. The van der Waals surface area contributed by atoms with Gasteiger partial charge >= 0.3 is 0 Å². The molecule has 1 aliphatic heterocycles. The van der Waals surface area contributed by atoms with Crippen LogP contribution in [0.15, 0.2) is 18.7 Å². The topological polar surface area (TPSA) is 29.9 Å². The first-order chi connectivity index (χ1) is 6.45. The standard InChI is InChI=1S/C10H17N3/c1-4-11-5-2-10(1)3-7-13-8-6-12-9-13/h6,8-11H,1-5,7H2. The maximum Gasteiger partial charge on any atom is 0.0945 e. The maximum absolute atomic E-state index is 4.04. The van der Waals surface area contributed by atoms with Crippen LogP contribution >= 0.6 is 0 Å². The van der Waals surface area contributed by atoms with Crippen molar-refractivity contribution < 1.29 is 0 Å². The number of aryl methyl sites for hydroxylation is 1. The number of nitrogens with one attached hydrogen (secondary N) is 1. The summed E-state index contributed by atoms with van der Waals surface area (Å²) in [6, 6.07) is 0. The molecule has 1 N–H and O–H groups in total. The SMILES string of the molecule is c1cn(CCC2CCNCC2)cn1. The predicted octanol–water partition coefficient (Wildman–Crippen LogP) is 1.27. The first kappa shape index (κ1) is 8.75. The third kappa shape index (κ3) is 2.56. The van der Waals surface area contributed by atoms with Crippen LogP contribution in [0.2, 0.25) is 0 Å². The second-order valence-electron chi connectivity index (χ2n) is 3.78. The Labute approximate surface area is 79.2 Å². The van der Waals surface area contributed by atoms with E-state index in [0.29, 0.717) is 0 Å². The maximum atomic E-state index is 4.04. The Morgan fingerprint density at radius 1 is 1.38 bits per heavy atom. The van der Waals surface area contributed by atoms with Crippen LogP contribution in [0.25, 0.3) is 0 Å². The zero-order valence-electron chi connectivity index (χ0n) is 7.95. The molecule has 0 atom stereocenters. The Morgan fingerprint density at radius 3 is 2.92 bits per heavy atom. The number of nitrogens with zero attached hydrogens (tertiary/aromatic N) is 2. The highest BCUT2D eigenvalue weighted by atomic mass is 15.0. The summed E-state index contributed by atoms with van der Waals surface area (Å²) in [4.78, 5) is 4.04. The van der Waals surface area contributed by atoms with Crippen molar-refractivity contribution in [3.63, 3.8) is 0 Å². The van der Waals surface area contributed by atoms with Gasteiger partial charge in [0.2, 0.25) is 0 Å². The molecule has 1 aliphatic rings. The minimum absolute atomic E-state index is 0.920. The first-order valence-electron chi connectivity index (χ1n) is 5.11. The monoisotopic (exact) mass is 179 g/mol. The Hall–Kier alpha value is -0.830. The minimum atomic E-state index is 0.920. The third-order valence-corrected chi connectivity index (χ3v) is 2.81. The van der Waals surface area contributed by atoms with Crippen LogP contribution in [0.3, 0.4) is 0 Å². The van der Waals surface area contributed by atoms with Crippen LogP contribution in [0.1, 0.15) is 19.3 Å². The van der Waals surface area contributed by atoms with Crippen molar-refractivity contribution in [2.24, 2.45) is 5.92 Å². The van der Waals surface area contributed by atoms with Crippen molar-refractivity contribution in [2.75, 3.05) is 13.1 Å². The van der Waals surface area contributed by atoms with E-state index in [1.54, 1.807) is 0 Å². The van der Waals surface area contributed by atoms with Gasteiger partial charge in [0.05, 0.1) is 6.33 Å². The van der Waals surface area contributed by atoms with Gasteiger partial charge in [-0.05, 0) is 38.3 Å². The molecule has 0 unspecified atom stereocenters. The van der Waals surface area contributed by atoms with E-state index in [2.05, 4.69) is 14.9 Å². The Kier molecular flexibility index (Phi) is 2.98. The van der Waals surface area contributed by atoms with Gasteiger partial charge in [-0.1, -0.05) is 0 Å². The second kappa shape index (κ2) is 4.42. The molecule has 0 aliphatic carbocycles. The van der Waals surface area contributed by atoms with Crippen molar-refractivity contribution >= 4 is 0 Å². The summed E-state index contributed by atoms with van der Waals surface area (Å²) < 4.78 is 2.17. The lowest BCUT2D eigenvalue weighted by atomic mass is 9.95. The zero-order valence-corrected chi connectivity index (χ0v) is 7.95. The van der Waals surface area contributed by atoms with E-state index in [4.69, 9.17) is 0 Å². The summed E-state index contributed by atoms with van der Waals surface area (Å²) in [5.41, 5.74) is 0. The van der Waals surface area contributed by atoms with E-state index >= 15 is 0 Å². The van der Waals surface area contributed by atoms with Gasteiger partial charge in [-0.2, -0.15) is 0 Å². The third-order valence-electron chi connectivity index (χ3n) is 2.81. The molecule has 1 fully saturated rings. The molecule has 2 rings (SSSR count). The van der Waals surface area contributed by atoms with Gasteiger partial charge in [0.25, 0.3) is 0 Å². The lowest BCUT2D eigenvalue weighted by Crippen LogP contribution is -2.28. The van der Waals surface area contributed by atoms with Crippen molar-refractivity contribution in [3.8, 4) is 0 Å². The van der Waals surface area contributed by atoms with Gasteiger partial charge in [0.1, 0.15) is 0 Å². The molecule has 1 saturated heterocycles. The normalized spacial score (nSPS) is 19.1. The van der Waals surface area contributed by atoms with Crippen molar-refractivity contribution in [1.82, 2.24) is 14.9 Å². The van der Waals surface area contributed by atoms with Gasteiger partial charge in [-0.15, -0.1) is 0 Å². The van der Waals surface area contributed by atoms with E-state index in [1.165, 1.54) is 32.4 Å². The number of hydrogen-bond donors (Lipinski definition) is 1. The quantitative estimate of drug-likeness (QED) is 0.757. The average Bonchev–Trinajstić information content (AvgIpc) is 2.69. The summed E-state index contributed by atoms with van der Waals surface area (Å²) in [5.74, 6) is 0.920. The fourth-order valence-corrected chi connectivity index (χ4v) is 1.92. The molecule has 3 nitrogen and oxygen atoms in total. The minimum Gasteiger partial charge on any atom is -0.337 e. The van der Waals surface area contributed by atoms with E-state index < -0.39 is 0 Å².